The van der Waals surface area contributed by atoms with E-state index < -0.39 is 7.26 Å². The first-order valence-corrected chi connectivity index (χ1v) is 12.6. The van der Waals surface area contributed by atoms with Crippen LogP contribution >= 0.6 is 18.6 Å². The second-order valence-corrected chi connectivity index (χ2v) is 11.9. The minimum absolute atomic E-state index is 0. The standard InChI is InChI=1S/C26H26OPS.BrH/c1-20-25(21(2)29-26(20)27-3)19-28(22-13-7-4-8-14-22,23-15-9-5-10-16-23)24-17-11-6-12-18-24;/h4-18H,19H2,1-3H3;1H/q+1;/p-1. The van der Waals surface area contributed by atoms with Crippen molar-refractivity contribution in [1.82, 2.24) is 0 Å². The summed E-state index contributed by atoms with van der Waals surface area (Å²) in [5, 5.41) is 5.29. The van der Waals surface area contributed by atoms with Gasteiger partial charge in [0.15, 0.2) is 5.06 Å². The van der Waals surface area contributed by atoms with Crippen LogP contribution < -0.4 is 37.6 Å². The lowest BCUT2D eigenvalue weighted by Crippen LogP contribution is -3.00. The van der Waals surface area contributed by atoms with Gasteiger partial charge in [-0.15, -0.1) is 11.3 Å². The molecule has 0 N–H and O–H groups in total. The Balaban J connectivity index is 0.00000256. The van der Waals surface area contributed by atoms with Gasteiger partial charge in [-0.2, -0.15) is 0 Å². The zero-order valence-corrected chi connectivity index (χ0v) is 20.8. The number of thiophene rings is 1. The Bertz CT molecular complexity index is 982. The SMILES string of the molecule is COc1sc(C)c(C[P+](c2ccccc2)(c2ccccc2)c2ccccc2)c1C.[Br-]. The normalized spacial score (nSPS) is 11.0. The van der Waals surface area contributed by atoms with Crippen molar-refractivity contribution in [3.8, 4) is 5.06 Å². The summed E-state index contributed by atoms with van der Waals surface area (Å²) in [6.45, 7) is 4.43. The average molecular weight is 497 g/mol. The van der Waals surface area contributed by atoms with E-state index in [4.69, 9.17) is 4.74 Å². The molecule has 0 saturated heterocycles. The van der Waals surface area contributed by atoms with Crippen LogP contribution in [0.4, 0.5) is 0 Å². The molecule has 4 heteroatoms. The van der Waals surface area contributed by atoms with Gasteiger partial charge in [-0.25, -0.2) is 0 Å². The summed E-state index contributed by atoms with van der Waals surface area (Å²) < 4.78 is 5.67. The van der Waals surface area contributed by atoms with Crippen molar-refractivity contribution in [1.29, 1.82) is 0 Å². The maximum atomic E-state index is 5.67. The highest BCUT2D eigenvalue weighted by molar-refractivity contribution is 7.95. The summed E-state index contributed by atoms with van der Waals surface area (Å²) in [6.07, 6.45) is 1.00. The first-order chi connectivity index (χ1) is 14.2. The minimum atomic E-state index is -1.88. The molecule has 0 aliphatic carbocycles. The Morgan fingerprint density at radius 3 is 1.43 bits per heavy atom. The molecule has 0 aliphatic rings. The smallest absolute Gasteiger partial charge is 0.176 e. The molecule has 0 radical (unpaired) electrons. The zero-order chi connectivity index (χ0) is 20.3. The van der Waals surface area contributed by atoms with Crippen LogP contribution in [0.2, 0.25) is 0 Å². The monoisotopic (exact) mass is 496 g/mol. The van der Waals surface area contributed by atoms with Gasteiger partial charge in [-0.1, -0.05) is 54.6 Å². The summed E-state index contributed by atoms with van der Waals surface area (Å²) in [5.74, 6) is 0. The van der Waals surface area contributed by atoms with Gasteiger partial charge in [-0.3, -0.25) is 0 Å². The number of rotatable bonds is 6. The molecule has 0 bridgehead atoms. The Morgan fingerprint density at radius 1 is 0.700 bits per heavy atom. The van der Waals surface area contributed by atoms with E-state index in [2.05, 4.69) is 105 Å². The van der Waals surface area contributed by atoms with Gasteiger partial charge in [-0.05, 0) is 50.2 Å². The number of ether oxygens (including phenoxy) is 1. The average Bonchev–Trinajstić information content (AvgIpc) is 3.06. The van der Waals surface area contributed by atoms with E-state index in [-0.39, 0.29) is 17.0 Å². The first kappa shape index (κ1) is 22.7. The van der Waals surface area contributed by atoms with E-state index in [9.17, 15) is 0 Å². The zero-order valence-electron chi connectivity index (χ0n) is 17.5. The van der Waals surface area contributed by atoms with Gasteiger partial charge >= 0.3 is 0 Å². The minimum Gasteiger partial charge on any atom is -1.00 e. The maximum absolute atomic E-state index is 5.67. The Hall–Kier alpha value is -1.93. The highest BCUT2D eigenvalue weighted by Gasteiger charge is 2.46. The van der Waals surface area contributed by atoms with Crippen molar-refractivity contribution in [2.24, 2.45) is 0 Å². The molecule has 0 atom stereocenters. The molecule has 154 valence electrons. The van der Waals surface area contributed by atoms with Crippen LogP contribution in [-0.2, 0) is 6.16 Å². The predicted octanol–water partition coefficient (Wildman–Crippen LogP) is 2.87. The third kappa shape index (κ3) is 4.12. The fourth-order valence-corrected chi connectivity index (χ4v) is 9.62. The van der Waals surface area contributed by atoms with E-state index in [1.165, 1.54) is 31.9 Å². The largest absolute Gasteiger partial charge is 1.00 e. The van der Waals surface area contributed by atoms with Crippen LogP contribution in [0.1, 0.15) is 16.0 Å². The van der Waals surface area contributed by atoms with E-state index in [1.54, 1.807) is 18.4 Å². The number of halogens is 1. The molecule has 0 saturated carbocycles. The van der Waals surface area contributed by atoms with Crippen LogP contribution in [0.25, 0.3) is 0 Å². The number of aryl methyl sites for hydroxylation is 1. The number of methoxy groups -OCH3 is 1. The molecular formula is C26H26BrOPS. The quantitative estimate of drug-likeness (QED) is 0.373. The van der Waals surface area contributed by atoms with Crippen molar-refractivity contribution >= 4 is 34.5 Å². The lowest BCUT2D eigenvalue weighted by atomic mass is 10.2. The van der Waals surface area contributed by atoms with E-state index in [0.29, 0.717) is 0 Å². The molecule has 1 aromatic heterocycles. The van der Waals surface area contributed by atoms with Crippen molar-refractivity contribution in [2.75, 3.05) is 7.11 Å². The van der Waals surface area contributed by atoms with Crippen molar-refractivity contribution < 1.29 is 21.7 Å². The summed E-state index contributed by atoms with van der Waals surface area (Å²) in [6, 6.07) is 33.2. The first-order valence-electron chi connectivity index (χ1n) is 9.84. The van der Waals surface area contributed by atoms with E-state index >= 15 is 0 Å². The third-order valence-corrected chi connectivity index (χ3v) is 11.1. The topological polar surface area (TPSA) is 9.23 Å². The Kier molecular flexibility index (Phi) is 7.52. The fourth-order valence-electron chi connectivity index (χ4n) is 4.09. The molecule has 1 nitrogen and oxygen atoms in total. The van der Waals surface area contributed by atoms with E-state index in [1.807, 2.05) is 0 Å². The predicted molar refractivity (Wildman–Crippen MR) is 129 cm³/mol. The second kappa shape index (κ2) is 9.92. The lowest BCUT2D eigenvalue weighted by molar-refractivity contribution is -0.00000596. The fraction of sp³-hybridized carbons (Fsp3) is 0.154. The van der Waals surface area contributed by atoms with Gasteiger partial charge in [0.1, 0.15) is 23.2 Å². The molecular weight excluding hydrogens is 471 g/mol. The highest BCUT2D eigenvalue weighted by atomic mass is 79.9. The van der Waals surface area contributed by atoms with Gasteiger partial charge in [0.2, 0.25) is 0 Å². The highest BCUT2D eigenvalue weighted by Crippen LogP contribution is 2.59. The van der Waals surface area contributed by atoms with Crippen LogP contribution in [0, 0.1) is 13.8 Å². The van der Waals surface area contributed by atoms with Crippen LogP contribution in [0.3, 0.4) is 0 Å². The van der Waals surface area contributed by atoms with Crippen LogP contribution in [-0.4, -0.2) is 7.11 Å². The van der Waals surface area contributed by atoms with Crippen molar-refractivity contribution in [3.05, 3.63) is 107 Å². The van der Waals surface area contributed by atoms with Gasteiger partial charge in [0.05, 0.1) is 13.3 Å². The molecule has 0 amide bonds. The number of benzene rings is 3. The molecule has 4 aromatic rings. The molecule has 0 aliphatic heterocycles. The molecule has 3 aromatic carbocycles. The summed E-state index contributed by atoms with van der Waals surface area (Å²) in [4.78, 5) is 1.35. The summed E-state index contributed by atoms with van der Waals surface area (Å²) >= 11 is 1.76. The maximum Gasteiger partial charge on any atom is 0.176 e. The third-order valence-electron chi connectivity index (χ3n) is 5.60. The molecule has 0 unspecified atom stereocenters. The Labute approximate surface area is 194 Å². The second-order valence-electron chi connectivity index (χ2n) is 7.23. The summed E-state index contributed by atoms with van der Waals surface area (Å²) in [7, 11) is -0.101. The van der Waals surface area contributed by atoms with Crippen LogP contribution in [0.5, 0.6) is 5.06 Å². The molecule has 0 spiro atoms. The van der Waals surface area contributed by atoms with E-state index in [0.717, 1.165) is 11.2 Å². The van der Waals surface area contributed by atoms with Crippen molar-refractivity contribution in [3.63, 3.8) is 0 Å². The molecule has 30 heavy (non-hydrogen) atoms. The van der Waals surface area contributed by atoms with Gasteiger partial charge < -0.3 is 21.7 Å². The Morgan fingerprint density at radius 2 is 1.10 bits per heavy atom. The van der Waals surface area contributed by atoms with Gasteiger partial charge in [0, 0.05) is 16.0 Å². The molecule has 4 rings (SSSR count). The molecule has 0 fully saturated rings. The molecule has 1 heterocycles. The number of hydrogen-bond acceptors (Lipinski definition) is 2. The number of hydrogen-bond donors (Lipinski definition) is 0. The van der Waals surface area contributed by atoms with Crippen molar-refractivity contribution in [2.45, 2.75) is 20.0 Å². The van der Waals surface area contributed by atoms with Gasteiger partial charge in [0.25, 0.3) is 0 Å². The van der Waals surface area contributed by atoms with Crippen LogP contribution in [0.15, 0.2) is 91.0 Å². The lowest BCUT2D eigenvalue weighted by Gasteiger charge is -2.28. The summed E-state index contributed by atoms with van der Waals surface area (Å²) in [5.41, 5.74) is 2.71.